The van der Waals surface area contributed by atoms with Gasteiger partial charge < -0.3 is 9.84 Å². The van der Waals surface area contributed by atoms with Gasteiger partial charge in [0.25, 0.3) is 0 Å². The van der Waals surface area contributed by atoms with E-state index in [0.29, 0.717) is 19.2 Å². The Morgan fingerprint density at radius 2 is 2.25 bits per heavy atom. The van der Waals surface area contributed by atoms with Crippen molar-refractivity contribution in [2.75, 3.05) is 19.7 Å². The molecule has 1 aliphatic rings. The molecule has 0 saturated carbocycles. The molecule has 1 aromatic carbocycles. The first-order chi connectivity index (χ1) is 9.56. The third kappa shape index (κ3) is 4.37. The predicted molar refractivity (Wildman–Crippen MR) is 82.6 cm³/mol. The monoisotopic (exact) mass is 297 g/mol. The van der Waals surface area contributed by atoms with Crippen LogP contribution in [0.4, 0.5) is 0 Å². The average molecular weight is 298 g/mol. The summed E-state index contributed by atoms with van der Waals surface area (Å²) in [5, 5.41) is 10.8. The summed E-state index contributed by atoms with van der Waals surface area (Å²) in [6, 6.07) is 6.13. The standard InChI is InChI=1S/C16H24ClNO2/c1-12-9-15(6-7-16(12)17)20-11-14(19)10-18-8-4-3-5-13(18)2/h6-7,9,13-14,19H,3-5,8,10-11H2,1-2H3. The number of rotatable bonds is 5. The minimum absolute atomic E-state index is 0.324. The van der Waals surface area contributed by atoms with Crippen molar-refractivity contribution in [3.63, 3.8) is 0 Å². The maximum Gasteiger partial charge on any atom is 0.119 e. The molecule has 2 atom stereocenters. The lowest BCUT2D eigenvalue weighted by molar-refractivity contribution is 0.0438. The van der Waals surface area contributed by atoms with Gasteiger partial charge in [0.2, 0.25) is 0 Å². The number of aliphatic hydroxyl groups is 1. The van der Waals surface area contributed by atoms with E-state index in [2.05, 4.69) is 11.8 Å². The first-order valence-electron chi connectivity index (χ1n) is 7.37. The van der Waals surface area contributed by atoms with Crippen molar-refractivity contribution in [1.82, 2.24) is 4.90 Å². The minimum atomic E-state index is -0.452. The summed E-state index contributed by atoms with van der Waals surface area (Å²) in [7, 11) is 0. The van der Waals surface area contributed by atoms with E-state index in [9.17, 15) is 5.11 Å². The number of nitrogens with zero attached hydrogens (tertiary/aromatic N) is 1. The lowest BCUT2D eigenvalue weighted by atomic mass is 10.0. The van der Waals surface area contributed by atoms with Gasteiger partial charge in [-0.2, -0.15) is 0 Å². The smallest absolute Gasteiger partial charge is 0.119 e. The summed E-state index contributed by atoms with van der Waals surface area (Å²) in [5.74, 6) is 0.762. The highest BCUT2D eigenvalue weighted by molar-refractivity contribution is 6.31. The number of hydrogen-bond donors (Lipinski definition) is 1. The molecule has 1 saturated heterocycles. The van der Waals surface area contributed by atoms with Gasteiger partial charge >= 0.3 is 0 Å². The van der Waals surface area contributed by atoms with E-state index in [1.807, 2.05) is 25.1 Å². The van der Waals surface area contributed by atoms with Crippen LogP contribution in [0, 0.1) is 6.92 Å². The molecule has 2 unspecified atom stereocenters. The molecule has 3 nitrogen and oxygen atoms in total. The third-order valence-electron chi connectivity index (χ3n) is 3.96. The molecule has 0 aromatic heterocycles. The Labute approximate surface area is 126 Å². The SMILES string of the molecule is Cc1cc(OCC(O)CN2CCCCC2C)ccc1Cl. The van der Waals surface area contributed by atoms with E-state index in [0.717, 1.165) is 22.9 Å². The summed E-state index contributed by atoms with van der Waals surface area (Å²) in [4.78, 5) is 2.35. The topological polar surface area (TPSA) is 32.7 Å². The fourth-order valence-electron chi connectivity index (χ4n) is 2.65. The van der Waals surface area contributed by atoms with Crippen LogP contribution >= 0.6 is 11.6 Å². The van der Waals surface area contributed by atoms with Crippen LogP contribution in [-0.2, 0) is 0 Å². The van der Waals surface area contributed by atoms with Crippen LogP contribution < -0.4 is 4.74 Å². The molecule has 112 valence electrons. The molecule has 0 radical (unpaired) electrons. The summed E-state index contributed by atoms with van der Waals surface area (Å²) < 4.78 is 5.65. The average Bonchev–Trinajstić information content (AvgIpc) is 2.43. The van der Waals surface area contributed by atoms with Gasteiger partial charge in [-0.3, -0.25) is 4.90 Å². The molecule has 20 heavy (non-hydrogen) atoms. The Hall–Kier alpha value is -0.770. The molecule has 1 heterocycles. The van der Waals surface area contributed by atoms with Crippen LogP contribution in [0.1, 0.15) is 31.7 Å². The highest BCUT2D eigenvalue weighted by Gasteiger charge is 2.20. The second-order valence-corrected chi connectivity index (χ2v) is 6.12. The van der Waals surface area contributed by atoms with Crippen LogP contribution in [0.15, 0.2) is 18.2 Å². The molecule has 1 aromatic rings. The maximum atomic E-state index is 10.1. The molecule has 0 spiro atoms. The van der Waals surface area contributed by atoms with E-state index < -0.39 is 6.10 Å². The molecule has 1 aliphatic heterocycles. The van der Waals surface area contributed by atoms with Gasteiger partial charge in [-0.25, -0.2) is 0 Å². The lowest BCUT2D eigenvalue weighted by Gasteiger charge is -2.34. The second kappa shape index (κ2) is 7.30. The van der Waals surface area contributed by atoms with Gasteiger partial charge in [-0.05, 0) is 57.0 Å². The first-order valence-corrected chi connectivity index (χ1v) is 7.75. The summed E-state index contributed by atoms with van der Waals surface area (Å²) >= 11 is 5.98. The number of β-amino-alcohol motifs (C(OH)–C–C–N with tert-alkyl or cyclic N) is 1. The van der Waals surface area contributed by atoms with Crippen LogP contribution in [0.5, 0.6) is 5.75 Å². The van der Waals surface area contributed by atoms with E-state index in [4.69, 9.17) is 16.3 Å². The molecule has 2 rings (SSSR count). The number of aryl methyl sites for hydroxylation is 1. The molecule has 1 N–H and O–H groups in total. The zero-order chi connectivity index (χ0) is 14.5. The first kappa shape index (κ1) is 15.6. The van der Waals surface area contributed by atoms with Crippen LogP contribution in [0.25, 0.3) is 0 Å². The fourth-order valence-corrected chi connectivity index (χ4v) is 2.77. The van der Waals surface area contributed by atoms with Gasteiger partial charge in [0, 0.05) is 17.6 Å². The summed E-state index contributed by atoms with van der Waals surface area (Å²) in [6.07, 6.45) is 3.30. The molecule has 1 fully saturated rings. The number of benzene rings is 1. The van der Waals surface area contributed by atoms with Crippen LogP contribution in [-0.4, -0.2) is 41.8 Å². The van der Waals surface area contributed by atoms with E-state index in [-0.39, 0.29) is 0 Å². The zero-order valence-corrected chi connectivity index (χ0v) is 13.1. The number of hydrogen-bond acceptors (Lipinski definition) is 3. The molecule has 0 bridgehead atoms. The normalized spacial score (nSPS) is 21.7. The Kier molecular flexibility index (Phi) is 5.70. The number of halogens is 1. The van der Waals surface area contributed by atoms with Crippen molar-refractivity contribution in [1.29, 1.82) is 0 Å². The summed E-state index contributed by atoms with van der Waals surface area (Å²) in [5.41, 5.74) is 0.989. The predicted octanol–water partition coefficient (Wildman–Crippen LogP) is 3.26. The Morgan fingerprint density at radius 1 is 1.45 bits per heavy atom. The molecule has 0 amide bonds. The van der Waals surface area contributed by atoms with E-state index in [1.54, 1.807) is 0 Å². The number of ether oxygens (including phenoxy) is 1. The fraction of sp³-hybridized carbons (Fsp3) is 0.625. The van der Waals surface area contributed by atoms with Gasteiger partial charge in [0.1, 0.15) is 18.5 Å². The highest BCUT2D eigenvalue weighted by Crippen LogP contribution is 2.21. The van der Waals surface area contributed by atoms with Crippen LogP contribution in [0.3, 0.4) is 0 Å². The largest absolute Gasteiger partial charge is 0.491 e. The van der Waals surface area contributed by atoms with E-state index >= 15 is 0 Å². The van der Waals surface area contributed by atoms with Gasteiger partial charge in [-0.1, -0.05) is 18.0 Å². The number of likely N-dealkylation sites (tertiary alicyclic amines) is 1. The molecular weight excluding hydrogens is 274 g/mol. The Morgan fingerprint density at radius 3 is 2.95 bits per heavy atom. The van der Waals surface area contributed by atoms with Crippen molar-refractivity contribution in [2.45, 2.75) is 45.3 Å². The highest BCUT2D eigenvalue weighted by atomic mass is 35.5. The molecule has 0 aliphatic carbocycles. The van der Waals surface area contributed by atoms with Crippen molar-refractivity contribution in [3.05, 3.63) is 28.8 Å². The second-order valence-electron chi connectivity index (χ2n) is 5.72. The van der Waals surface area contributed by atoms with Crippen molar-refractivity contribution in [2.24, 2.45) is 0 Å². The Balaban J connectivity index is 1.79. The van der Waals surface area contributed by atoms with Crippen molar-refractivity contribution >= 4 is 11.6 Å². The maximum absolute atomic E-state index is 10.1. The Bertz CT molecular complexity index is 438. The van der Waals surface area contributed by atoms with Gasteiger partial charge in [0.05, 0.1) is 0 Å². The quantitative estimate of drug-likeness (QED) is 0.905. The minimum Gasteiger partial charge on any atom is -0.491 e. The van der Waals surface area contributed by atoms with Crippen molar-refractivity contribution < 1.29 is 9.84 Å². The van der Waals surface area contributed by atoms with Gasteiger partial charge in [-0.15, -0.1) is 0 Å². The zero-order valence-electron chi connectivity index (χ0n) is 12.3. The molecule has 4 heteroatoms. The van der Waals surface area contributed by atoms with Gasteiger partial charge in [0.15, 0.2) is 0 Å². The molecular formula is C16H24ClNO2. The third-order valence-corrected chi connectivity index (χ3v) is 4.38. The van der Waals surface area contributed by atoms with E-state index in [1.165, 1.54) is 19.3 Å². The number of piperidine rings is 1. The lowest BCUT2D eigenvalue weighted by Crippen LogP contribution is -2.43. The number of aliphatic hydroxyl groups excluding tert-OH is 1. The van der Waals surface area contributed by atoms with Crippen molar-refractivity contribution in [3.8, 4) is 5.75 Å². The van der Waals surface area contributed by atoms with Crippen LogP contribution in [0.2, 0.25) is 5.02 Å². The summed E-state index contributed by atoms with van der Waals surface area (Å²) in [6.45, 7) is 6.27.